The second-order valence-corrected chi connectivity index (χ2v) is 4.48. The molecule has 1 aliphatic rings. The first kappa shape index (κ1) is 11.0. The van der Waals surface area contributed by atoms with Crippen molar-refractivity contribution in [1.82, 2.24) is 5.32 Å². The summed E-state index contributed by atoms with van der Waals surface area (Å²) in [5.74, 6) is 0.736. The Hall–Kier alpha value is -1.51. The summed E-state index contributed by atoms with van der Waals surface area (Å²) in [5.41, 5.74) is 1.01. The minimum Gasteiger partial charge on any atom is -0.445 e. The van der Waals surface area contributed by atoms with Crippen LogP contribution in [0.15, 0.2) is 30.3 Å². The molecule has 1 saturated carbocycles. The lowest BCUT2D eigenvalue weighted by Gasteiger charge is -2.32. The van der Waals surface area contributed by atoms with Crippen molar-refractivity contribution < 1.29 is 9.53 Å². The highest BCUT2D eigenvalue weighted by Gasteiger charge is 2.26. The third-order valence-electron chi connectivity index (χ3n) is 2.91. The van der Waals surface area contributed by atoms with Gasteiger partial charge in [-0.25, -0.2) is 4.79 Å². The van der Waals surface area contributed by atoms with Gasteiger partial charge in [0, 0.05) is 6.04 Å². The molecule has 16 heavy (non-hydrogen) atoms. The molecule has 2 rings (SSSR count). The van der Waals surface area contributed by atoms with Crippen molar-refractivity contribution in [3.63, 3.8) is 0 Å². The minimum absolute atomic E-state index is 0.305. The monoisotopic (exact) mass is 219 g/mol. The standard InChI is InChI=1S/C13H17NO2/c1-10-7-12(8-10)14-13(15)16-9-11-5-3-2-4-6-11/h2-6,10,12H,7-9H2,1H3,(H,14,15)/t10-,12-. The zero-order chi connectivity index (χ0) is 11.4. The first-order valence-electron chi connectivity index (χ1n) is 5.71. The van der Waals surface area contributed by atoms with E-state index in [9.17, 15) is 4.79 Å². The van der Waals surface area contributed by atoms with Gasteiger partial charge in [-0.3, -0.25) is 0 Å². The van der Waals surface area contributed by atoms with Crippen molar-refractivity contribution >= 4 is 6.09 Å². The third kappa shape index (κ3) is 2.99. The molecule has 3 nitrogen and oxygen atoms in total. The first-order valence-corrected chi connectivity index (χ1v) is 5.71. The van der Waals surface area contributed by atoms with Gasteiger partial charge < -0.3 is 10.1 Å². The Bertz CT molecular complexity index is 344. The summed E-state index contributed by atoms with van der Waals surface area (Å²) in [6.45, 7) is 2.53. The largest absolute Gasteiger partial charge is 0.445 e. The zero-order valence-corrected chi connectivity index (χ0v) is 9.48. The molecule has 1 amide bonds. The summed E-state index contributed by atoms with van der Waals surface area (Å²) >= 11 is 0. The molecule has 1 aliphatic carbocycles. The molecule has 0 radical (unpaired) electrons. The van der Waals surface area contributed by atoms with Gasteiger partial charge >= 0.3 is 6.09 Å². The number of alkyl carbamates (subject to hydrolysis) is 1. The molecular weight excluding hydrogens is 202 g/mol. The zero-order valence-electron chi connectivity index (χ0n) is 9.48. The van der Waals surface area contributed by atoms with Crippen molar-refractivity contribution in [3.8, 4) is 0 Å². The van der Waals surface area contributed by atoms with Crippen LogP contribution in [-0.4, -0.2) is 12.1 Å². The van der Waals surface area contributed by atoms with Crippen LogP contribution in [-0.2, 0) is 11.3 Å². The van der Waals surface area contributed by atoms with Gasteiger partial charge in [-0.05, 0) is 24.3 Å². The molecule has 1 N–H and O–H groups in total. The number of carbonyl (C=O) groups excluding carboxylic acids is 1. The number of ether oxygens (including phenoxy) is 1. The molecule has 3 heteroatoms. The lowest BCUT2D eigenvalue weighted by Crippen LogP contribution is -2.43. The second kappa shape index (κ2) is 5.01. The van der Waals surface area contributed by atoms with E-state index in [0.717, 1.165) is 24.3 Å². The van der Waals surface area contributed by atoms with Crippen LogP contribution in [0, 0.1) is 5.92 Å². The molecule has 0 aliphatic heterocycles. The lowest BCUT2D eigenvalue weighted by molar-refractivity contribution is 0.124. The van der Waals surface area contributed by atoms with Crippen molar-refractivity contribution in [1.29, 1.82) is 0 Å². The molecule has 1 aromatic carbocycles. The van der Waals surface area contributed by atoms with Gasteiger partial charge in [-0.15, -0.1) is 0 Å². The molecule has 0 saturated heterocycles. The van der Waals surface area contributed by atoms with Crippen LogP contribution < -0.4 is 5.32 Å². The third-order valence-corrected chi connectivity index (χ3v) is 2.91. The number of amides is 1. The summed E-state index contributed by atoms with van der Waals surface area (Å²) < 4.78 is 5.12. The quantitative estimate of drug-likeness (QED) is 0.848. The van der Waals surface area contributed by atoms with Crippen molar-refractivity contribution in [2.24, 2.45) is 5.92 Å². The van der Waals surface area contributed by atoms with Gasteiger partial charge in [0.05, 0.1) is 0 Å². The summed E-state index contributed by atoms with van der Waals surface area (Å²) in [6.07, 6.45) is 1.83. The van der Waals surface area contributed by atoms with Crippen molar-refractivity contribution in [3.05, 3.63) is 35.9 Å². The summed E-state index contributed by atoms with van der Waals surface area (Å²) in [4.78, 5) is 11.4. The average molecular weight is 219 g/mol. The highest BCUT2D eigenvalue weighted by Crippen LogP contribution is 2.26. The lowest BCUT2D eigenvalue weighted by atomic mass is 9.82. The Kier molecular flexibility index (Phi) is 3.44. The fourth-order valence-corrected chi connectivity index (χ4v) is 1.95. The fourth-order valence-electron chi connectivity index (χ4n) is 1.95. The predicted molar refractivity (Wildman–Crippen MR) is 61.9 cm³/mol. The normalized spacial score (nSPS) is 23.3. The molecule has 0 atom stereocenters. The SMILES string of the molecule is C[C@H]1C[C@H](NC(=O)OCc2ccccc2)C1. The predicted octanol–water partition coefficient (Wildman–Crippen LogP) is 2.71. The van der Waals surface area contributed by atoms with Crippen LogP contribution in [0.2, 0.25) is 0 Å². The molecule has 0 unspecified atom stereocenters. The first-order chi connectivity index (χ1) is 7.74. The smallest absolute Gasteiger partial charge is 0.407 e. The molecule has 0 bridgehead atoms. The van der Waals surface area contributed by atoms with Crippen LogP contribution in [0.5, 0.6) is 0 Å². The van der Waals surface area contributed by atoms with E-state index in [-0.39, 0.29) is 6.09 Å². The Labute approximate surface area is 95.8 Å². The number of hydrogen-bond donors (Lipinski definition) is 1. The van der Waals surface area contributed by atoms with Crippen LogP contribution in [0.3, 0.4) is 0 Å². The van der Waals surface area contributed by atoms with Gasteiger partial charge in [0.1, 0.15) is 6.61 Å². The van der Waals surface area contributed by atoms with E-state index in [1.54, 1.807) is 0 Å². The minimum atomic E-state index is -0.305. The van der Waals surface area contributed by atoms with E-state index >= 15 is 0 Å². The Morgan fingerprint density at radius 3 is 2.69 bits per heavy atom. The Morgan fingerprint density at radius 2 is 2.06 bits per heavy atom. The van der Waals surface area contributed by atoms with Crippen LogP contribution in [0.1, 0.15) is 25.3 Å². The summed E-state index contributed by atoms with van der Waals surface area (Å²) in [6, 6.07) is 10.0. The van der Waals surface area contributed by atoms with E-state index in [1.165, 1.54) is 0 Å². The van der Waals surface area contributed by atoms with Crippen LogP contribution in [0.25, 0.3) is 0 Å². The number of carbonyl (C=O) groups is 1. The molecule has 1 aromatic rings. The second-order valence-electron chi connectivity index (χ2n) is 4.48. The van der Waals surface area contributed by atoms with Crippen LogP contribution in [0.4, 0.5) is 4.79 Å². The number of nitrogens with one attached hydrogen (secondary N) is 1. The molecule has 0 aromatic heterocycles. The highest BCUT2D eigenvalue weighted by molar-refractivity contribution is 5.67. The topological polar surface area (TPSA) is 38.3 Å². The van der Waals surface area contributed by atoms with Gasteiger partial charge in [-0.2, -0.15) is 0 Å². The molecule has 0 spiro atoms. The van der Waals surface area contributed by atoms with Gasteiger partial charge in [-0.1, -0.05) is 37.3 Å². The Morgan fingerprint density at radius 1 is 1.38 bits per heavy atom. The van der Waals surface area contributed by atoms with Gasteiger partial charge in [0.2, 0.25) is 0 Å². The maximum atomic E-state index is 11.4. The van der Waals surface area contributed by atoms with E-state index in [2.05, 4.69) is 12.2 Å². The van der Waals surface area contributed by atoms with E-state index < -0.39 is 0 Å². The van der Waals surface area contributed by atoms with Crippen molar-refractivity contribution in [2.75, 3.05) is 0 Å². The maximum absolute atomic E-state index is 11.4. The van der Waals surface area contributed by atoms with E-state index in [0.29, 0.717) is 12.6 Å². The fraction of sp³-hybridized carbons (Fsp3) is 0.462. The number of benzene rings is 1. The van der Waals surface area contributed by atoms with Crippen LogP contribution >= 0.6 is 0 Å². The highest BCUT2D eigenvalue weighted by atomic mass is 16.5. The maximum Gasteiger partial charge on any atom is 0.407 e. The summed E-state index contributed by atoms with van der Waals surface area (Å²) in [7, 11) is 0. The van der Waals surface area contributed by atoms with E-state index in [1.807, 2.05) is 30.3 Å². The average Bonchev–Trinajstić information content (AvgIpc) is 2.26. The van der Waals surface area contributed by atoms with Crippen molar-refractivity contribution in [2.45, 2.75) is 32.4 Å². The molecular formula is C13H17NO2. The molecule has 1 fully saturated rings. The summed E-state index contributed by atoms with van der Waals surface area (Å²) in [5, 5.41) is 2.86. The number of hydrogen-bond acceptors (Lipinski definition) is 2. The Balaban J connectivity index is 1.68. The number of rotatable bonds is 3. The molecule has 86 valence electrons. The van der Waals surface area contributed by atoms with Gasteiger partial charge in [0.15, 0.2) is 0 Å². The van der Waals surface area contributed by atoms with E-state index in [4.69, 9.17) is 4.74 Å². The van der Waals surface area contributed by atoms with Gasteiger partial charge in [0.25, 0.3) is 0 Å². The molecule has 0 heterocycles.